The van der Waals surface area contributed by atoms with Crippen molar-refractivity contribution in [3.8, 4) is 0 Å². The lowest BCUT2D eigenvalue weighted by Gasteiger charge is -2.30. The predicted molar refractivity (Wildman–Crippen MR) is 109 cm³/mol. The Morgan fingerprint density at radius 2 is 1.72 bits per heavy atom. The molecule has 0 spiro atoms. The molecule has 29 heavy (non-hydrogen) atoms. The minimum absolute atomic E-state index is 0.218. The van der Waals surface area contributed by atoms with E-state index in [1.807, 2.05) is 12.1 Å². The van der Waals surface area contributed by atoms with E-state index < -0.39 is 29.8 Å². The molecule has 0 radical (unpaired) electrons. The number of fused-ring (bicyclic) bond motifs is 3. The van der Waals surface area contributed by atoms with Gasteiger partial charge in [0.2, 0.25) is 11.8 Å². The summed E-state index contributed by atoms with van der Waals surface area (Å²) in [5, 5.41) is 6.38. The van der Waals surface area contributed by atoms with E-state index in [2.05, 4.69) is 5.10 Å². The predicted octanol–water partition coefficient (Wildman–Crippen LogP) is 2.94. The molecule has 3 aliphatic rings. The minimum Gasteiger partial charge on any atom is -0.292 e. The molecule has 3 aliphatic heterocycles. The summed E-state index contributed by atoms with van der Waals surface area (Å²) in [5.41, 5.74) is 0.908. The highest BCUT2D eigenvalue weighted by molar-refractivity contribution is 6.31. The Hall–Kier alpha value is -3.25. The number of amides is 2. The van der Waals surface area contributed by atoms with Crippen molar-refractivity contribution in [2.45, 2.75) is 12.1 Å². The van der Waals surface area contributed by atoms with Gasteiger partial charge in [-0.15, -0.1) is 0 Å². The molecule has 144 valence electrons. The lowest BCUT2D eigenvalue weighted by Crippen LogP contribution is -2.46. The number of rotatable bonds is 3. The summed E-state index contributed by atoms with van der Waals surface area (Å²) in [6.45, 7) is 0. The zero-order valence-corrected chi connectivity index (χ0v) is 15.9. The maximum atomic E-state index is 13.4. The molecule has 2 aromatic rings. The standard InChI is InChI=1S/C22H16ClN3O3/c23-14-8-4-9-15(12-14)25-21(28)17-16-10-5-11-24-26(16)19(18(17)22(25)29)20(27)13-6-2-1-3-7-13/h1-12,16-19H/t16-,17-,18+,19-/m1/s1. The molecule has 2 saturated heterocycles. The lowest BCUT2D eigenvalue weighted by molar-refractivity contribution is -0.123. The highest BCUT2D eigenvalue weighted by atomic mass is 35.5. The first kappa shape index (κ1) is 17.8. The van der Waals surface area contributed by atoms with E-state index in [0.717, 1.165) is 4.90 Å². The third kappa shape index (κ3) is 2.63. The number of anilines is 1. The maximum Gasteiger partial charge on any atom is 0.240 e. The van der Waals surface area contributed by atoms with Crippen LogP contribution in [0.15, 0.2) is 71.9 Å². The first-order valence-electron chi connectivity index (χ1n) is 9.29. The van der Waals surface area contributed by atoms with Gasteiger partial charge in [0.25, 0.3) is 0 Å². The summed E-state index contributed by atoms with van der Waals surface area (Å²) in [7, 11) is 0. The van der Waals surface area contributed by atoms with Crippen LogP contribution in [-0.4, -0.2) is 40.9 Å². The summed E-state index contributed by atoms with van der Waals surface area (Å²) in [4.78, 5) is 41.2. The second-order valence-corrected chi connectivity index (χ2v) is 7.67. The summed E-state index contributed by atoms with van der Waals surface area (Å²) >= 11 is 6.07. The number of carbonyl (C=O) groups excluding carboxylic acids is 3. The van der Waals surface area contributed by atoms with Gasteiger partial charge in [-0.2, -0.15) is 5.10 Å². The fourth-order valence-electron chi connectivity index (χ4n) is 4.48. The zero-order chi connectivity index (χ0) is 20.1. The Kier molecular flexibility index (Phi) is 4.10. The topological polar surface area (TPSA) is 70.0 Å². The fourth-order valence-corrected chi connectivity index (χ4v) is 4.66. The van der Waals surface area contributed by atoms with Gasteiger partial charge in [-0.05, 0) is 24.3 Å². The van der Waals surface area contributed by atoms with Crippen LogP contribution in [0.25, 0.3) is 0 Å². The normalized spacial score (nSPS) is 27.3. The van der Waals surface area contributed by atoms with Crippen LogP contribution in [0, 0.1) is 11.8 Å². The van der Waals surface area contributed by atoms with Crippen LogP contribution < -0.4 is 4.90 Å². The van der Waals surface area contributed by atoms with Gasteiger partial charge >= 0.3 is 0 Å². The molecule has 3 heterocycles. The van der Waals surface area contributed by atoms with Crippen molar-refractivity contribution in [3.05, 3.63) is 77.3 Å². The van der Waals surface area contributed by atoms with Crippen LogP contribution in [0.5, 0.6) is 0 Å². The number of nitrogens with zero attached hydrogens (tertiary/aromatic N) is 3. The average molecular weight is 406 g/mol. The molecule has 6 nitrogen and oxygen atoms in total. The number of Topliss-reactive ketones (excluding diaryl/α,β-unsaturated/α-hetero) is 1. The van der Waals surface area contributed by atoms with Gasteiger partial charge in [0.15, 0.2) is 5.78 Å². The molecule has 2 fully saturated rings. The van der Waals surface area contributed by atoms with E-state index in [4.69, 9.17) is 11.6 Å². The Bertz CT molecular complexity index is 1080. The highest BCUT2D eigenvalue weighted by Crippen LogP contribution is 2.46. The van der Waals surface area contributed by atoms with E-state index in [1.54, 1.807) is 65.8 Å². The minimum atomic E-state index is -0.839. The van der Waals surface area contributed by atoms with Gasteiger partial charge < -0.3 is 0 Å². The van der Waals surface area contributed by atoms with Crippen molar-refractivity contribution in [2.24, 2.45) is 16.9 Å². The van der Waals surface area contributed by atoms with Crippen molar-refractivity contribution < 1.29 is 14.4 Å². The largest absolute Gasteiger partial charge is 0.292 e. The molecule has 2 aromatic carbocycles. The molecule has 0 aliphatic carbocycles. The van der Waals surface area contributed by atoms with Gasteiger partial charge in [0, 0.05) is 16.8 Å². The van der Waals surface area contributed by atoms with Gasteiger partial charge in [0.1, 0.15) is 6.04 Å². The van der Waals surface area contributed by atoms with Gasteiger partial charge in [0.05, 0.1) is 23.6 Å². The summed E-state index contributed by atoms with van der Waals surface area (Å²) < 4.78 is 0. The van der Waals surface area contributed by atoms with E-state index in [0.29, 0.717) is 16.3 Å². The number of carbonyl (C=O) groups is 3. The molecule has 0 N–H and O–H groups in total. The quantitative estimate of drug-likeness (QED) is 0.581. The lowest BCUT2D eigenvalue weighted by atomic mass is 9.86. The summed E-state index contributed by atoms with van der Waals surface area (Å²) in [6.07, 6.45) is 5.15. The monoisotopic (exact) mass is 405 g/mol. The summed E-state index contributed by atoms with van der Waals surface area (Å²) in [6, 6.07) is 14.1. The van der Waals surface area contributed by atoms with Crippen LogP contribution in [0.1, 0.15) is 10.4 Å². The third-order valence-electron chi connectivity index (χ3n) is 5.68. The van der Waals surface area contributed by atoms with E-state index in [1.165, 1.54) is 0 Å². The summed E-state index contributed by atoms with van der Waals surface area (Å²) in [5.74, 6) is -2.42. The van der Waals surface area contributed by atoms with Crippen LogP contribution in [0.4, 0.5) is 5.69 Å². The second-order valence-electron chi connectivity index (χ2n) is 7.24. The molecule has 0 unspecified atom stereocenters. The Labute approximate surface area is 172 Å². The van der Waals surface area contributed by atoms with Crippen LogP contribution in [-0.2, 0) is 9.59 Å². The zero-order valence-electron chi connectivity index (χ0n) is 15.2. The molecular weight excluding hydrogens is 390 g/mol. The van der Waals surface area contributed by atoms with Crippen LogP contribution in [0.3, 0.4) is 0 Å². The van der Waals surface area contributed by atoms with Crippen LogP contribution >= 0.6 is 11.6 Å². The Balaban J connectivity index is 1.59. The van der Waals surface area contributed by atoms with Crippen molar-refractivity contribution in [2.75, 3.05) is 4.90 Å². The maximum absolute atomic E-state index is 13.4. The van der Waals surface area contributed by atoms with Gasteiger partial charge in [-0.1, -0.05) is 54.1 Å². The Morgan fingerprint density at radius 3 is 2.48 bits per heavy atom. The van der Waals surface area contributed by atoms with Crippen molar-refractivity contribution in [1.82, 2.24) is 5.01 Å². The van der Waals surface area contributed by atoms with E-state index in [9.17, 15) is 14.4 Å². The first-order chi connectivity index (χ1) is 14.1. The molecular formula is C22H16ClN3O3. The second kappa shape index (κ2) is 6.67. The number of hydrazone groups is 1. The molecule has 0 aromatic heterocycles. The highest BCUT2D eigenvalue weighted by Gasteiger charge is 2.64. The SMILES string of the molecule is O=C(c1ccccc1)[C@H]1[C@H]2C(=O)N(c3cccc(Cl)c3)C(=O)[C@@H]2[C@H]2C=CC=NN21. The number of allylic oxidation sites excluding steroid dienone is 1. The number of halogens is 1. The number of ketones is 1. The average Bonchev–Trinajstić information content (AvgIpc) is 3.21. The smallest absolute Gasteiger partial charge is 0.240 e. The fraction of sp³-hybridized carbons (Fsp3) is 0.182. The molecule has 7 heteroatoms. The molecule has 5 rings (SSSR count). The number of benzene rings is 2. The molecule has 0 saturated carbocycles. The first-order valence-corrected chi connectivity index (χ1v) is 9.67. The van der Waals surface area contributed by atoms with Crippen molar-refractivity contribution >= 4 is 41.1 Å². The van der Waals surface area contributed by atoms with Gasteiger partial charge in [-0.3, -0.25) is 19.4 Å². The molecule has 0 bridgehead atoms. The number of imide groups is 1. The number of hydrogen-bond donors (Lipinski definition) is 0. The van der Waals surface area contributed by atoms with Gasteiger partial charge in [-0.25, -0.2) is 4.90 Å². The Morgan fingerprint density at radius 1 is 0.966 bits per heavy atom. The van der Waals surface area contributed by atoms with Crippen molar-refractivity contribution in [3.63, 3.8) is 0 Å². The van der Waals surface area contributed by atoms with Crippen molar-refractivity contribution in [1.29, 1.82) is 0 Å². The van der Waals surface area contributed by atoms with E-state index in [-0.39, 0.29) is 11.7 Å². The third-order valence-corrected chi connectivity index (χ3v) is 5.92. The molecule has 2 amide bonds. The van der Waals surface area contributed by atoms with E-state index >= 15 is 0 Å². The number of hydrogen-bond acceptors (Lipinski definition) is 5. The molecule has 4 atom stereocenters. The van der Waals surface area contributed by atoms with Crippen LogP contribution in [0.2, 0.25) is 5.02 Å².